The fraction of sp³-hybridized carbons (Fsp3) is 0.158. The molecule has 25 heavy (non-hydrogen) atoms. The third kappa shape index (κ3) is 4.50. The van der Waals surface area contributed by atoms with Crippen molar-refractivity contribution in [2.45, 2.75) is 18.9 Å². The first-order valence-corrected chi connectivity index (χ1v) is 7.87. The van der Waals surface area contributed by atoms with E-state index in [4.69, 9.17) is 0 Å². The van der Waals surface area contributed by atoms with E-state index in [2.05, 4.69) is 10.6 Å². The molecule has 0 aromatic heterocycles. The highest BCUT2D eigenvalue weighted by atomic mass is 19.1. The standard InChI is InChI=1S/C19H16F2N2O2/c20-15-2-1-3-16(21)18(15)23-17(24)11-6-12-4-7-13(8-5-12)19(25)22-14-9-10-14/h1-8,11,14H,9-10H2,(H,22,25)(H,23,24). The maximum Gasteiger partial charge on any atom is 0.251 e. The number of hydrogen-bond acceptors (Lipinski definition) is 2. The molecular formula is C19H16F2N2O2. The Kier molecular flexibility index (Phi) is 4.88. The number of amides is 2. The molecule has 6 heteroatoms. The summed E-state index contributed by atoms with van der Waals surface area (Å²) in [6.45, 7) is 0. The Morgan fingerprint density at radius 2 is 1.64 bits per heavy atom. The van der Waals surface area contributed by atoms with Crippen LogP contribution in [-0.2, 0) is 4.79 Å². The van der Waals surface area contributed by atoms with E-state index in [-0.39, 0.29) is 11.9 Å². The molecule has 0 spiro atoms. The van der Waals surface area contributed by atoms with Crippen LogP contribution in [0.25, 0.3) is 6.08 Å². The third-order valence-corrected chi connectivity index (χ3v) is 3.72. The molecule has 0 radical (unpaired) electrons. The number of hydrogen-bond donors (Lipinski definition) is 2. The largest absolute Gasteiger partial charge is 0.349 e. The average Bonchev–Trinajstić information content (AvgIpc) is 3.41. The molecule has 1 aliphatic carbocycles. The molecule has 2 aromatic carbocycles. The predicted molar refractivity (Wildman–Crippen MR) is 91.0 cm³/mol. The molecule has 0 saturated heterocycles. The second-order valence-electron chi connectivity index (χ2n) is 5.79. The fourth-order valence-electron chi connectivity index (χ4n) is 2.20. The minimum atomic E-state index is -0.840. The topological polar surface area (TPSA) is 58.2 Å². The van der Waals surface area contributed by atoms with Crippen LogP contribution in [0.4, 0.5) is 14.5 Å². The summed E-state index contributed by atoms with van der Waals surface area (Å²) >= 11 is 0. The van der Waals surface area contributed by atoms with Gasteiger partial charge in [-0.15, -0.1) is 0 Å². The molecule has 2 amide bonds. The number of carbonyl (C=O) groups excluding carboxylic acids is 2. The van der Waals surface area contributed by atoms with Gasteiger partial charge in [0.1, 0.15) is 17.3 Å². The van der Waals surface area contributed by atoms with E-state index in [9.17, 15) is 18.4 Å². The first kappa shape index (κ1) is 16.8. The van der Waals surface area contributed by atoms with Crippen molar-refractivity contribution < 1.29 is 18.4 Å². The summed E-state index contributed by atoms with van der Waals surface area (Å²) in [6.07, 6.45) is 4.70. The van der Waals surface area contributed by atoms with Crippen LogP contribution in [-0.4, -0.2) is 17.9 Å². The molecular weight excluding hydrogens is 326 g/mol. The van der Waals surface area contributed by atoms with Crippen LogP contribution in [0.15, 0.2) is 48.5 Å². The zero-order chi connectivity index (χ0) is 17.8. The van der Waals surface area contributed by atoms with Gasteiger partial charge >= 0.3 is 0 Å². The highest BCUT2D eigenvalue weighted by molar-refractivity contribution is 6.02. The van der Waals surface area contributed by atoms with Gasteiger partial charge in [-0.05, 0) is 48.7 Å². The molecule has 0 heterocycles. The summed E-state index contributed by atoms with van der Waals surface area (Å²) < 4.78 is 26.9. The van der Waals surface area contributed by atoms with Crippen LogP contribution in [0.1, 0.15) is 28.8 Å². The maximum absolute atomic E-state index is 13.5. The molecule has 4 nitrogen and oxygen atoms in total. The number of nitrogens with one attached hydrogen (secondary N) is 2. The van der Waals surface area contributed by atoms with E-state index in [0.717, 1.165) is 25.0 Å². The summed E-state index contributed by atoms with van der Waals surface area (Å²) in [4.78, 5) is 23.7. The lowest BCUT2D eigenvalue weighted by molar-refractivity contribution is -0.111. The summed E-state index contributed by atoms with van der Waals surface area (Å²) in [5, 5.41) is 5.05. The summed E-state index contributed by atoms with van der Waals surface area (Å²) in [7, 11) is 0. The molecule has 0 atom stereocenters. The van der Waals surface area contributed by atoms with Crippen molar-refractivity contribution in [1.82, 2.24) is 5.32 Å². The number of carbonyl (C=O) groups is 2. The van der Waals surface area contributed by atoms with Crippen molar-refractivity contribution in [1.29, 1.82) is 0 Å². The minimum absolute atomic E-state index is 0.120. The van der Waals surface area contributed by atoms with E-state index in [1.54, 1.807) is 24.3 Å². The van der Waals surface area contributed by atoms with E-state index < -0.39 is 23.2 Å². The number of para-hydroxylation sites is 1. The Bertz CT molecular complexity index is 808. The van der Waals surface area contributed by atoms with Crippen molar-refractivity contribution in [2.24, 2.45) is 0 Å². The van der Waals surface area contributed by atoms with Gasteiger partial charge in [-0.3, -0.25) is 9.59 Å². The zero-order valence-electron chi connectivity index (χ0n) is 13.3. The van der Waals surface area contributed by atoms with Gasteiger partial charge in [0.15, 0.2) is 0 Å². The molecule has 2 N–H and O–H groups in total. The molecule has 0 unspecified atom stereocenters. The SMILES string of the molecule is O=C(C=Cc1ccc(C(=O)NC2CC2)cc1)Nc1c(F)cccc1F. The highest BCUT2D eigenvalue weighted by Gasteiger charge is 2.23. The van der Waals surface area contributed by atoms with E-state index in [1.807, 2.05) is 0 Å². The summed E-state index contributed by atoms with van der Waals surface area (Å²) in [6, 6.07) is 10.3. The van der Waals surface area contributed by atoms with Crippen LogP contribution in [0, 0.1) is 11.6 Å². The first-order valence-electron chi connectivity index (χ1n) is 7.87. The predicted octanol–water partition coefficient (Wildman–Crippen LogP) is 3.51. The number of anilines is 1. The lowest BCUT2D eigenvalue weighted by Gasteiger charge is -2.05. The Morgan fingerprint density at radius 3 is 2.24 bits per heavy atom. The summed E-state index contributed by atoms with van der Waals surface area (Å²) in [5.74, 6) is -2.45. The second kappa shape index (κ2) is 7.25. The van der Waals surface area contributed by atoms with Gasteiger partial charge in [0.05, 0.1) is 0 Å². The molecule has 1 aliphatic rings. The van der Waals surface area contributed by atoms with Gasteiger partial charge in [0.25, 0.3) is 5.91 Å². The van der Waals surface area contributed by atoms with Crippen molar-refractivity contribution in [3.05, 3.63) is 71.3 Å². The van der Waals surface area contributed by atoms with Gasteiger partial charge in [0.2, 0.25) is 5.91 Å². The van der Waals surface area contributed by atoms with Crippen molar-refractivity contribution in [3.8, 4) is 0 Å². The number of rotatable bonds is 5. The van der Waals surface area contributed by atoms with Crippen LogP contribution in [0.5, 0.6) is 0 Å². The molecule has 1 fully saturated rings. The minimum Gasteiger partial charge on any atom is -0.349 e. The molecule has 0 bridgehead atoms. The van der Waals surface area contributed by atoms with E-state index in [1.165, 1.54) is 18.2 Å². The Hall–Kier alpha value is -3.02. The van der Waals surface area contributed by atoms with Crippen molar-refractivity contribution in [2.75, 3.05) is 5.32 Å². The third-order valence-electron chi connectivity index (χ3n) is 3.72. The van der Waals surface area contributed by atoms with Crippen molar-refractivity contribution >= 4 is 23.6 Å². The first-order chi connectivity index (χ1) is 12.0. The summed E-state index contributed by atoms with van der Waals surface area (Å²) in [5.41, 5.74) is 0.748. The number of halogens is 2. The Balaban J connectivity index is 1.61. The second-order valence-corrected chi connectivity index (χ2v) is 5.79. The lowest BCUT2D eigenvalue weighted by atomic mass is 10.1. The molecule has 2 aromatic rings. The van der Waals surface area contributed by atoms with Crippen molar-refractivity contribution in [3.63, 3.8) is 0 Å². The smallest absolute Gasteiger partial charge is 0.251 e. The Morgan fingerprint density at radius 1 is 1.00 bits per heavy atom. The van der Waals surface area contributed by atoms with Crippen LogP contribution >= 0.6 is 0 Å². The zero-order valence-corrected chi connectivity index (χ0v) is 13.3. The lowest BCUT2D eigenvalue weighted by Crippen LogP contribution is -2.25. The molecule has 128 valence electrons. The quantitative estimate of drug-likeness (QED) is 0.817. The maximum atomic E-state index is 13.5. The molecule has 3 rings (SSSR count). The van der Waals surface area contributed by atoms with Gasteiger partial charge < -0.3 is 10.6 Å². The molecule has 0 aliphatic heterocycles. The molecule has 1 saturated carbocycles. The number of benzene rings is 2. The average molecular weight is 342 g/mol. The normalized spacial score (nSPS) is 13.7. The Labute approximate surface area is 143 Å². The van der Waals surface area contributed by atoms with Gasteiger partial charge in [0, 0.05) is 17.7 Å². The van der Waals surface area contributed by atoms with E-state index >= 15 is 0 Å². The van der Waals surface area contributed by atoms with Crippen LogP contribution in [0.3, 0.4) is 0 Å². The highest BCUT2D eigenvalue weighted by Crippen LogP contribution is 2.20. The van der Waals surface area contributed by atoms with Crippen LogP contribution < -0.4 is 10.6 Å². The fourth-order valence-corrected chi connectivity index (χ4v) is 2.20. The van der Waals surface area contributed by atoms with E-state index in [0.29, 0.717) is 11.1 Å². The van der Waals surface area contributed by atoms with Crippen LogP contribution in [0.2, 0.25) is 0 Å². The van der Waals surface area contributed by atoms with Gasteiger partial charge in [-0.1, -0.05) is 18.2 Å². The monoisotopic (exact) mass is 342 g/mol. The van der Waals surface area contributed by atoms with Gasteiger partial charge in [-0.25, -0.2) is 8.78 Å². The van der Waals surface area contributed by atoms with Gasteiger partial charge in [-0.2, -0.15) is 0 Å².